The Kier molecular flexibility index (Phi) is 3.96. The van der Waals surface area contributed by atoms with Crippen molar-refractivity contribution < 1.29 is 4.79 Å². The molecule has 6 aromatic rings. The number of carbonyl (C=O) groups excluding carboxylic acids is 1. The molecule has 6 nitrogen and oxygen atoms in total. The van der Waals surface area contributed by atoms with E-state index in [9.17, 15) is 4.79 Å². The van der Waals surface area contributed by atoms with Crippen LogP contribution in [0.5, 0.6) is 0 Å². The predicted octanol–water partition coefficient (Wildman–Crippen LogP) is 5.61. The largest absolute Gasteiger partial charge is 0.346 e. The minimum Gasteiger partial charge on any atom is -0.346 e. The van der Waals surface area contributed by atoms with Gasteiger partial charge >= 0.3 is 0 Å². The minimum absolute atomic E-state index is 0.124. The van der Waals surface area contributed by atoms with E-state index in [0.29, 0.717) is 11.2 Å². The van der Waals surface area contributed by atoms with E-state index in [-0.39, 0.29) is 11.9 Å². The number of H-pyrrole nitrogens is 2. The van der Waals surface area contributed by atoms with Crippen molar-refractivity contribution in [1.82, 2.24) is 25.3 Å². The molecule has 3 aromatic heterocycles. The number of nitrogens with zero attached hydrogens (tertiary/aromatic N) is 2. The standard InChI is InChI=1S/C28H19N5O/c34-28(21-12-14-30-27-20(21)11-13-29-27)33-25-18-6-2-1-5-16(18)24-17(7-3-9-22(24)25)19-8-4-10-23-26(19)32-15-31-23/h1-15,25H,(H,29,30)(H,31,32)(H,33,34). The van der Waals surface area contributed by atoms with Crippen molar-refractivity contribution >= 4 is 28.0 Å². The van der Waals surface area contributed by atoms with Crippen LogP contribution in [0.3, 0.4) is 0 Å². The molecule has 34 heavy (non-hydrogen) atoms. The van der Waals surface area contributed by atoms with Gasteiger partial charge in [-0.25, -0.2) is 9.97 Å². The first-order chi connectivity index (χ1) is 16.8. The number of fused-ring (bicyclic) bond motifs is 5. The van der Waals surface area contributed by atoms with Gasteiger partial charge in [-0.2, -0.15) is 0 Å². The van der Waals surface area contributed by atoms with Crippen LogP contribution in [-0.2, 0) is 0 Å². The Labute approximate surface area is 194 Å². The Hall–Kier alpha value is -4.71. The van der Waals surface area contributed by atoms with Crippen LogP contribution in [0.1, 0.15) is 27.5 Å². The molecule has 0 aliphatic heterocycles. The van der Waals surface area contributed by atoms with Crippen LogP contribution in [0.15, 0.2) is 91.5 Å². The highest BCUT2D eigenvalue weighted by atomic mass is 16.1. The van der Waals surface area contributed by atoms with E-state index in [1.807, 2.05) is 30.3 Å². The van der Waals surface area contributed by atoms with Crippen LogP contribution in [0.2, 0.25) is 0 Å². The number of aromatic amines is 2. The lowest BCUT2D eigenvalue weighted by molar-refractivity contribution is 0.0945. The van der Waals surface area contributed by atoms with Crippen molar-refractivity contribution in [3.8, 4) is 22.3 Å². The van der Waals surface area contributed by atoms with Crippen LogP contribution in [0.25, 0.3) is 44.3 Å². The van der Waals surface area contributed by atoms with Gasteiger partial charge in [-0.15, -0.1) is 0 Å². The Morgan fingerprint density at radius 2 is 1.62 bits per heavy atom. The lowest BCUT2D eigenvalue weighted by Gasteiger charge is -2.17. The Morgan fingerprint density at radius 1 is 0.794 bits per heavy atom. The number of para-hydroxylation sites is 1. The molecule has 0 bridgehead atoms. The van der Waals surface area contributed by atoms with E-state index >= 15 is 0 Å². The second kappa shape index (κ2) is 7.15. The molecule has 3 N–H and O–H groups in total. The number of pyridine rings is 1. The number of amides is 1. The minimum atomic E-state index is -0.248. The highest BCUT2D eigenvalue weighted by molar-refractivity contribution is 6.06. The lowest BCUT2D eigenvalue weighted by atomic mass is 9.93. The molecule has 162 valence electrons. The van der Waals surface area contributed by atoms with E-state index in [1.54, 1.807) is 24.8 Å². The quantitative estimate of drug-likeness (QED) is 0.334. The normalized spacial score (nSPS) is 14.3. The summed E-state index contributed by atoms with van der Waals surface area (Å²) in [7, 11) is 0. The van der Waals surface area contributed by atoms with E-state index in [2.05, 4.69) is 61.7 Å². The summed E-state index contributed by atoms with van der Waals surface area (Å²) in [4.78, 5) is 28.6. The summed E-state index contributed by atoms with van der Waals surface area (Å²) in [5.74, 6) is -0.124. The summed E-state index contributed by atoms with van der Waals surface area (Å²) in [6.07, 6.45) is 5.19. The Bertz CT molecular complexity index is 1730. The second-order valence-electron chi connectivity index (χ2n) is 8.46. The average molecular weight is 441 g/mol. The van der Waals surface area contributed by atoms with Gasteiger partial charge in [0.05, 0.1) is 29.0 Å². The number of imidazole rings is 1. The van der Waals surface area contributed by atoms with Gasteiger partial charge in [-0.3, -0.25) is 4.79 Å². The highest BCUT2D eigenvalue weighted by Crippen LogP contribution is 2.48. The van der Waals surface area contributed by atoms with Crippen molar-refractivity contribution in [2.24, 2.45) is 0 Å². The van der Waals surface area contributed by atoms with Gasteiger partial charge in [0, 0.05) is 23.3 Å². The third-order valence-corrected chi connectivity index (χ3v) is 6.67. The van der Waals surface area contributed by atoms with Gasteiger partial charge in [0.2, 0.25) is 0 Å². The number of aromatic nitrogens is 4. The van der Waals surface area contributed by atoms with Crippen LogP contribution in [-0.4, -0.2) is 25.8 Å². The van der Waals surface area contributed by atoms with Gasteiger partial charge in [-0.05, 0) is 46.0 Å². The smallest absolute Gasteiger partial charge is 0.252 e. The summed E-state index contributed by atoms with van der Waals surface area (Å²) < 4.78 is 0. The summed E-state index contributed by atoms with van der Waals surface area (Å²) in [6.45, 7) is 0. The summed E-state index contributed by atoms with van der Waals surface area (Å²) in [6, 6.07) is 24.2. The molecule has 1 aliphatic rings. The lowest BCUT2D eigenvalue weighted by Crippen LogP contribution is -2.28. The first-order valence-electron chi connectivity index (χ1n) is 11.2. The molecule has 0 radical (unpaired) electrons. The number of hydrogen-bond donors (Lipinski definition) is 3. The summed E-state index contributed by atoms with van der Waals surface area (Å²) >= 11 is 0. The maximum absolute atomic E-state index is 13.5. The van der Waals surface area contributed by atoms with Crippen molar-refractivity contribution in [2.45, 2.75) is 6.04 Å². The molecule has 7 rings (SSSR count). The number of rotatable bonds is 3. The molecule has 6 heteroatoms. The van der Waals surface area contributed by atoms with Crippen LogP contribution in [0.4, 0.5) is 0 Å². The topological polar surface area (TPSA) is 86.5 Å². The average Bonchev–Trinajstić information content (AvgIpc) is 3.61. The van der Waals surface area contributed by atoms with Gasteiger partial charge in [0.1, 0.15) is 5.65 Å². The van der Waals surface area contributed by atoms with Crippen LogP contribution >= 0.6 is 0 Å². The second-order valence-corrected chi connectivity index (χ2v) is 8.46. The molecule has 1 unspecified atom stereocenters. The Balaban J connectivity index is 1.39. The van der Waals surface area contributed by atoms with Gasteiger partial charge in [-0.1, -0.05) is 54.6 Å². The van der Waals surface area contributed by atoms with E-state index in [4.69, 9.17) is 0 Å². The number of benzene rings is 3. The van der Waals surface area contributed by atoms with Crippen molar-refractivity contribution in [1.29, 1.82) is 0 Å². The zero-order chi connectivity index (χ0) is 22.6. The first kappa shape index (κ1) is 18.8. The van der Waals surface area contributed by atoms with Gasteiger partial charge in [0.25, 0.3) is 5.91 Å². The molecule has 1 aliphatic carbocycles. The van der Waals surface area contributed by atoms with Crippen LogP contribution < -0.4 is 5.32 Å². The molecular weight excluding hydrogens is 422 g/mol. The van der Waals surface area contributed by atoms with Crippen molar-refractivity contribution in [3.63, 3.8) is 0 Å². The molecule has 1 atom stereocenters. The molecule has 0 saturated heterocycles. The molecule has 1 amide bonds. The fourth-order valence-corrected chi connectivity index (χ4v) is 5.19. The molecule has 3 heterocycles. The molecule has 0 saturated carbocycles. The van der Waals surface area contributed by atoms with E-state index < -0.39 is 0 Å². The molecule has 0 spiro atoms. The maximum atomic E-state index is 13.5. The van der Waals surface area contributed by atoms with Crippen molar-refractivity contribution in [3.05, 3.63) is 108 Å². The predicted molar refractivity (Wildman–Crippen MR) is 132 cm³/mol. The van der Waals surface area contributed by atoms with Gasteiger partial charge < -0.3 is 15.3 Å². The summed E-state index contributed by atoms with van der Waals surface area (Å²) in [5.41, 5.74) is 9.92. The number of nitrogens with one attached hydrogen (secondary N) is 3. The zero-order valence-corrected chi connectivity index (χ0v) is 18.0. The molecule has 0 fully saturated rings. The molecule has 3 aromatic carbocycles. The highest BCUT2D eigenvalue weighted by Gasteiger charge is 2.32. The zero-order valence-electron chi connectivity index (χ0n) is 18.0. The SMILES string of the molecule is O=C(NC1c2ccccc2-c2c(-c3cccc4nc[nH]c34)cccc21)c1ccnc2[nH]ccc12. The van der Waals surface area contributed by atoms with E-state index in [1.165, 1.54) is 0 Å². The molecular formula is C28H19N5O. The first-order valence-corrected chi connectivity index (χ1v) is 11.2. The summed E-state index contributed by atoms with van der Waals surface area (Å²) in [5, 5.41) is 4.11. The van der Waals surface area contributed by atoms with Crippen LogP contribution in [0, 0.1) is 0 Å². The Morgan fingerprint density at radius 3 is 2.59 bits per heavy atom. The fourth-order valence-electron chi connectivity index (χ4n) is 5.19. The monoisotopic (exact) mass is 441 g/mol. The van der Waals surface area contributed by atoms with E-state index in [0.717, 1.165) is 49.8 Å². The number of carbonyl (C=O) groups is 1. The number of hydrogen-bond acceptors (Lipinski definition) is 3. The third kappa shape index (κ3) is 2.65. The van der Waals surface area contributed by atoms with Gasteiger partial charge in [0.15, 0.2) is 0 Å². The van der Waals surface area contributed by atoms with Crippen molar-refractivity contribution in [2.75, 3.05) is 0 Å². The third-order valence-electron chi connectivity index (χ3n) is 6.67. The fraction of sp³-hybridized carbons (Fsp3) is 0.0357. The maximum Gasteiger partial charge on any atom is 0.252 e.